The highest BCUT2D eigenvalue weighted by molar-refractivity contribution is 7.13. The average Bonchev–Trinajstić information content (AvgIpc) is 3.16. The van der Waals surface area contributed by atoms with Gasteiger partial charge in [0, 0.05) is 24.2 Å². The first kappa shape index (κ1) is 15.3. The van der Waals surface area contributed by atoms with E-state index in [0.29, 0.717) is 16.9 Å². The number of fused-ring (bicyclic) bond motifs is 2. The van der Waals surface area contributed by atoms with Crippen LogP contribution in [0.1, 0.15) is 45.7 Å². The summed E-state index contributed by atoms with van der Waals surface area (Å²) >= 11 is 1.69. The molecule has 2 aliphatic rings. The van der Waals surface area contributed by atoms with Crippen molar-refractivity contribution < 1.29 is 0 Å². The van der Waals surface area contributed by atoms with Crippen molar-refractivity contribution >= 4 is 11.3 Å². The molecule has 3 atom stereocenters. The minimum absolute atomic E-state index is 0.428. The molecule has 0 aromatic carbocycles. The molecule has 122 valence electrons. The molecule has 2 fully saturated rings. The van der Waals surface area contributed by atoms with Crippen LogP contribution in [0.3, 0.4) is 0 Å². The van der Waals surface area contributed by atoms with Crippen LogP contribution in [0, 0.1) is 16.7 Å². The summed E-state index contributed by atoms with van der Waals surface area (Å²) in [7, 11) is 0. The van der Waals surface area contributed by atoms with Crippen LogP contribution in [0.2, 0.25) is 0 Å². The Morgan fingerprint density at radius 1 is 1.30 bits per heavy atom. The predicted molar refractivity (Wildman–Crippen MR) is 95.2 cm³/mol. The van der Waals surface area contributed by atoms with Crippen LogP contribution in [0.5, 0.6) is 0 Å². The van der Waals surface area contributed by atoms with E-state index in [1.165, 1.54) is 19.3 Å². The summed E-state index contributed by atoms with van der Waals surface area (Å²) in [5.74, 6) is 0.879. The predicted octanol–water partition coefficient (Wildman–Crippen LogP) is 4.51. The van der Waals surface area contributed by atoms with Crippen LogP contribution in [0.15, 0.2) is 29.8 Å². The van der Waals surface area contributed by atoms with Gasteiger partial charge < -0.3 is 5.32 Å². The van der Waals surface area contributed by atoms with E-state index in [1.54, 1.807) is 11.3 Å². The minimum atomic E-state index is 0.428. The van der Waals surface area contributed by atoms with Gasteiger partial charge in [-0.25, -0.2) is 4.98 Å². The summed E-state index contributed by atoms with van der Waals surface area (Å²) in [5, 5.41) is 6.99. The fourth-order valence-corrected chi connectivity index (χ4v) is 5.53. The molecule has 0 spiro atoms. The van der Waals surface area contributed by atoms with E-state index in [4.69, 9.17) is 4.98 Å². The number of thiazole rings is 1. The summed E-state index contributed by atoms with van der Waals surface area (Å²) in [5.41, 5.74) is 3.00. The lowest BCUT2D eigenvalue weighted by molar-refractivity contribution is 0.120. The van der Waals surface area contributed by atoms with Gasteiger partial charge in [0.15, 0.2) is 0 Å². The van der Waals surface area contributed by atoms with E-state index < -0.39 is 0 Å². The van der Waals surface area contributed by atoms with Gasteiger partial charge in [-0.3, -0.25) is 4.98 Å². The topological polar surface area (TPSA) is 37.8 Å². The third-order valence-electron chi connectivity index (χ3n) is 6.76. The van der Waals surface area contributed by atoms with Gasteiger partial charge in [0.2, 0.25) is 0 Å². The molecular weight excluding hydrogens is 302 g/mol. The molecule has 0 radical (unpaired) electrons. The first-order chi connectivity index (χ1) is 11.0. The van der Waals surface area contributed by atoms with Gasteiger partial charge in [-0.2, -0.15) is 0 Å². The molecule has 0 amide bonds. The van der Waals surface area contributed by atoms with Crippen LogP contribution in [0.25, 0.3) is 10.7 Å². The monoisotopic (exact) mass is 327 g/mol. The Morgan fingerprint density at radius 3 is 2.83 bits per heavy atom. The lowest BCUT2D eigenvalue weighted by Crippen LogP contribution is -2.44. The second-order valence-corrected chi connectivity index (χ2v) is 8.76. The van der Waals surface area contributed by atoms with E-state index in [2.05, 4.69) is 36.5 Å². The lowest BCUT2D eigenvalue weighted by Gasteiger charge is -2.39. The molecule has 3 unspecified atom stereocenters. The molecule has 4 rings (SSSR count). The molecule has 3 nitrogen and oxygen atoms in total. The Morgan fingerprint density at radius 2 is 2.17 bits per heavy atom. The average molecular weight is 327 g/mol. The summed E-state index contributed by atoms with van der Waals surface area (Å²) in [6.45, 7) is 8.28. The number of nitrogens with zero attached hydrogens (tertiary/aromatic N) is 2. The molecule has 2 bridgehead atoms. The van der Waals surface area contributed by atoms with E-state index in [-0.39, 0.29) is 0 Å². The van der Waals surface area contributed by atoms with Gasteiger partial charge >= 0.3 is 0 Å². The molecular formula is C19H25N3S. The van der Waals surface area contributed by atoms with Gasteiger partial charge in [-0.05, 0) is 48.1 Å². The van der Waals surface area contributed by atoms with Gasteiger partial charge in [0.25, 0.3) is 0 Å². The van der Waals surface area contributed by atoms with Crippen LogP contribution in [-0.2, 0) is 6.54 Å². The van der Waals surface area contributed by atoms with Crippen molar-refractivity contribution in [2.24, 2.45) is 16.7 Å². The molecule has 4 heteroatoms. The number of hydrogen-bond acceptors (Lipinski definition) is 4. The van der Waals surface area contributed by atoms with Gasteiger partial charge in [0.1, 0.15) is 5.01 Å². The van der Waals surface area contributed by atoms with E-state index in [1.807, 2.05) is 24.4 Å². The maximum atomic E-state index is 4.76. The van der Waals surface area contributed by atoms with Crippen molar-refractivity contribution in [1.82, 2.24) is 15.3 Å². The SMILES string of the molecule is CC1(C)C2CCC1(C)C(NCc1csc(-c3ccccn3)n1)C2. The van der Waals surface area contributed by atoms with Crippen molar-refractivity contribution in [1.29, 1.82) is 0 Å². The zero-order valence-electron chi connectivity index (χ0n) is 14.2. The third-order valence-corrected chi connectivity index (χ3v) is 7.67. The summed E-state index contributed by atoms with van der Waals surface area (Å²) < 4.78 is 0. The Kier molecular flexibility index (Phi) is 3.58. The fraction of sp³-hybridized carbons (Fsp3) is 0.579. The number of nitrogens with one attached hydrogen (secondary N) is 1. The van der Waals surface area contributed by atoms with Gasteiger partial charge in [-0.1, -0.05) is 26.8 Å². The number of aromatic nitrogens is 2. The number of hydrogen-bond donors (Lipinski definition) is 1. The molecule has 2 aromatic rings. The molecule has 23 heavy (non-hydrogen) atoms. The zero-order chi connectivity index (χ0) is 16.1. The van der Waals surface area contributed by atoms with Crippen molar-refractivity contribution in [3.8, 4) is 10.7 Å². The van der Waals surface area contributed by atoms with Crippen LogP contribution in [-0.4, -0.2) is 16.0 Å². The first-order valence-electron chi connectivity index (χ1n) is 8.60. The second kappa shape index (κ2) is 5.38. The third kappa shape index (κ3) is 2.34. The standard InChI is InChI=1S/C19H25N3S/c1-18(2)13-7-8-19(18,3)16(10-13)21-11-14-12-23-17(22-14)15-6-4-5-9-20-15/h4-6,9,12-13,16,21H,7-8,10-11H2,1-3H3. The Bertz CT molecular complexity index is 694. The highest BCUT2D eigenvalue weighted by Gasteiger charge is 2.60. The molecule has 1 N–H and O–H groups in total. The van der Waals surface area contributed by atoms with Crippen molar-refractivity contribution in [2.75, 3.05) is 0 Å². The molecule has 2 saturated carbocycles. The second-order valence-electron chi connectivity index (χ2n) is 7.90. The maximum Gasteiger partial charge on any atom is 0.142 e. The van der Waals surface area contributed by atoms with Crippen LogP contribution >= 0.6 is 11.3 Å². The van der Waals surface area contributed by atoms with Gasteiger partial charge in [0.05, 0.1) is 11.4 Å². The van der Waals surface area contributed by atoms with Crippen molar-refractivity contribution in [3.05, 3.63) is 35.5 Å². The Balaban J connectivity index is 1.44. The summed E-state index contributed by atoms with van der Waals surface area (Å²) in [4.78, 5) is 9.14. The largest absolute Gasteiger partial charge is 0.308 e. The quantitative estimate of drug-likeness (QED) is 0.898. The number of pyridine rings is 1. The Labute approximate surface area is 142 Å². The fourth-order valence-electron chi connectivity index (χ4n) is 4.74. The minimum Gasteiger partial charge on any atom is -0.308 e. The molecule has 2 aliphatic carbocycles. The summed E-state index contributed by atoms with van der Waals surface area (Å²) in [6.07, 6.45) is 5.91. The summed E-state index contributed by atoms with van der Waals surface area (Å²) in [6, 6.07) is 6.60. The molecule has 2 aromatic heterocycles. The molecule has 0 saturated heterocycles. The first-order valence-corrected chi connectivity index (χ1v) is 9.48. The molecule has 0 aliphatic heterocycles. The zero-order valence-corrected chi connectivity index (χ0v) is 15.0. The van der Waals surface area contributed by atoms with Crippen molar-refractivity contribution in [2.45, 2.75) is 52.6 Å². The van der Waals surface area contributed by atoms with E-state index >= 15 is 0 Å². The maximum absolute atomic E-state index is 4.76. The smallest absolute Gasteiger partial charge is 0.142 e. The molecule has 2 heterocycles. The van der Waals surface area contributed by atoms with Crippen molar-refractivity contribution in [3.63, 3.8) is 0 Å². The van der Waals surface area contributed by atoms with Crippen LogP contribution < -0.4 is 5.32 Å². The van der Waals surface area contributed by atoms with Crippen LogP contribution in [0.4, 0.5) is 0 Å². The highest BCUT2D eigenvalue weighted by atomic mass is 32.1. The highest BCUT2D eigenvalue weighted by Crippen LogP contribution is 2.65. The number of rotatable bonds is 4. The van der Waals surface area contributed by atoms with E-state index in [9.17, 15) is 0 Å². The lowest BCUT2D eigenvalue weighted by atomic mass is 9.69. The van der Waals surface area contributed by atoms with Gasteiger partial charge in [-0.15, -0.1) is 11.3 Å². The normalized spacial score (nSPS) is 31.6. The van der Waals surface area contributed by atoms with E-state index in [0.717, 1.165) is 28.9 Å². The Hall–Kier alpha value is -1.26.